The van der Waals surface area contributed by atoms with Crippen molar-refractivity contribution in [1.82, 2.24) is 24.9 Å². The molecule has 0 radical (unpaired) electrons. The summed E-state index contributed by atoms with van der Waals surface area (Å²) < 4.78 is 1.94. The number of carbonyl (C=O) groups excluding carboxylic acids is 1. The van der Waals surface area contributed by atoms with Gasteiger partial charge in [-0.15, -0.1) is 21.5 Å². The standard InChI is InChI=1S/C23H25N5OS2/c1-14-8-9-17(15(2)13-14)23-24-16(3)20(31-23)22(29)25-18(10-12-30-4)21-27-26-19-7-5-6-11-28(19)21/h5-9,11,13,18H,10,12H2,1-4H3,(H,25,29). The van der Waals surface area contributed by atoms with E-state index in [9.17, 15) is 4.79 Å². The average Bonchev–Trinajstić information content (AvgIpc) is 3.35. The highest BCUT2D eigenvalue weighted by atomic mass is 32.2. The molecule has 0 saturated carbocycles. The van der Waals surface area contributed by atoms with Gasteiger partial charge in [-0.05, 0) is 56.9 Å². The number of fused-ring (bicyclic) bond motifs is 1. The second kappa shape index (κ2) is 9.20. The molecule has 0 saturated heterocycles. The highest BCUT2D eigenvalue weighted by Gasteiger charge is 2.24. The second-order valence-corrected chi connectivity index (χ2v) is 9.53. The van der Waals surface area contributed by atoms with Gasteiger partial charge in [-0.1, -0.05) is 29.8 Å². The number of nitrogens with zero attached hydrogens (tertiary/aromatic N) is 4. The van der Waals surface area contributed by atoms with Crippen LogP contribution < -0.4 is 5.32 Å². The summed E-state index contributed by atoms with van der Waals surface area (Å²) in [7, 11) is 0. The molecule has 0 spiro atoms. The lowest BCUT2D eigenvalue weighted by molar-refractivity contribution is 0.0937. The van der Waals surface area contributed by atoms with Gasteiger partial charge in [0.1, 0.15) is 9.88 Å². The third-order valence-electron chi connectivity index (χ3n) is 5.18. The summed E-state index contributed by atoms with van der Waals surface area (Å²) in [5, 5.41) is 12.7. The molecule has 0 aliphatic heterocycles. The third-order valence-corrected chi connectivity index (χ3v) is 7.02. The first-order chi connectivity index (χ1) is 15.0. The maximum atomic E-state index is 13.2. The summed E-state index contributed by atoms with van der Waals surface area (Å²) >= 11 is 3.18. The molecule has 31 heavy (non-hydrogen) atoms. The molecule has 1 aromatic carbocycles. The van der Waals surface area contributed by atoms with Crippen LogP contribution in [0.5, 0.6) is 0 Å². The van der Waals surface area contributed by atoms with Crippen LogP contribution in [0.3, 0.4) is 0 Å². The van der Waals surface area contributed by atoms with E-state index in [1.165, 1.54) is 16.9 Å². The summed E-state index contributed by atoms with van der Waals surface area (Å²) in [5.41, 5.74) is 4.96. The van der Waals surface area contributed by atoms with E-state index < -0.39 is 0 Å². The van der Waals surface area contributed by atoms with E-state index in [2.05, 4.69) is 53.8 Å². The first-order valence-electron chi connectivity index (χ1n) is 10.1. The van der Waals surface area contributed by atoms with Crippen LogP contribution in [-0.2, 0) is 0 Å². The van der Waals surface area contributed by atoms with Crippen LogP contribution >= 0.6 is 23.1 Å². The van der Waals surface area contributed by atoms with Crippen molar-refractivity contribution in [2.24, 2.45) is 0 Å². The molecule has 1 N–H and O–H groups in total. The molecule has 3 heterocycles. The highest BCUT2D eigenvalue weighted by Crippen LogP contribution is 2.31. The topological polar surface area (TPSA) is 72.2 Å². The molecule has 0 aliphatic carbocycles. The zero-order chi connectivity index (χ0) is 22.0. The summed E-state index contributed by atoms with van der Waals surface area (Å²) in [6.45, 7) is 6.04. The van der Waals surface area contributed by atoms with Gasteiger partial charge in [-0.3, -0.25) is 9.20 Å². The molecule has 4 aromatic rings. The Morgan fingerprint density at radius 3 is 2.81 bits per heavy atom. The van der Waals surface area contributed by atoms with Crippen LogP contribution in [-0.4, -0.2) is 37.5 Å². The molecular weight excluding hydrogens is 426 g/mol. The summed E-state index contributed by atoms with van der Waals surface area (Å²) in [4.78, 5) is 18.6. The van der Waals surface area contributed by atoms with Crippen LogP contribution in [0.15, 0.2) is 42.6 Å². The fourth-order valence-corrected chi connectivity index (χ4v) is 5.13. The summed E-state index contributed by atoms with van der Waals surface area (Å²) in [6.07, 6.45) is 4.76. The number of hydrogen-bond donors (Lipinski definition) is 1. The second-order valence-electron chi connectivity index (χ2n) is 7.55. The summed E-state index contributed by atoms with van der Waals surface area (Å²) in [6, 6.07) is 11.8. The number of benzene rings is 1. The number of thiazole rings is 1. The normalized spacial score (nSPS) is 12.3. The fraction of sp³-hybridized carbons (Fsp3) is 0.304. The third kappa shape index (κ3) is 4.50. The van der Waals surface area contributed by atoms with Crippen molar-refractivity contribution in [2.45, 2.75) is 33.2 Å². The summed E-state index contributed by atoms with van der Waals surface area (Å²) in [5.74, 6) is 1.53. The van der Waals surface area contributed by atoms with Gasteiger partial charge in [-0.25, -0.2) is 4.98 Å². The van der Waals surface area contributed by atoms with Crippen molar-refractivity contribution in [3.05, 3.63) is 70.1 Å². The quantitative estimate of drug-likeness (QED) is 0.428. The van der Waals surface area contributed by atoms with E-state index in [4.69, 9.17) is 4.98 Å². The van der Waals surface area contributed by atoms with Gasteiger partial charge in [0, 0.05) is 11.8 Å². The molecule has 8 heteroatoms. The number of pyridine rings is 1. The van der Waals surface area contributed by atoms with Gasteiger partial charge >= 0.3 is 0 Å². The van der Waals surface area contributed by atoms with E-state index in [1.54, 1.807) is 11.8 Å². The minimum Gasteiger partial charge on any atom is -0.341 e. The number of aryl methyl sites for hydroxylation is 3. The molecule has 4 rings (SSSR count). The smallest absolute Gasteiger partial charge is 0.263 e. The first-order valence-corrected chi connectivity index (χ1v) is 12.3. The van der Waals surface area contributed by atoms with E-state index in [1.807, 2.05) is 35.7 Å². The van der Waals surface area contributed by atoms with Gasteiger partial charge in [0.2, 0.25) is 0 Å². The van der Waals surface area contributed by atoms with Gasteiger partial charge in [-0.2, -0.15) is 11.8 Å². The fourth-order valence-electron chi connectivity index (χ4n) is 3.60. The molecular formula is C23H25N5OS2. The van der Waals surface area contributed by atoms with Crippen LogP contribution in [0.25, 0.3) is 16.2 Å². The SMILES string of the molecule is CSCCC(NC(=O)c1sc(-c2ccc(C)cc2C)nc1C)c1nnc2ccccn12. The van der Waals surface area contributed by atoms with E-state index >= 15 is 0 Å². The molecule has 0 fully saturated rings. The Morgan fingerprint density at radius 1 is 1.19 bits per heavy atom. The highest BCUT2D eigenvalue weighted by molar-refractivity contribution is 7.98. The van der Waals surface area contributed by atoms with Crippen molar-refractivity contribution in [3.8, 4) is 10.6 Å². The van der Waals surface area contributed by atoms with Gasteiger partial charge in [0.25, 0.3) is 5.91 Å². The zero-order valence-corrected chi connectivity index (χ0v) is 19.7. The Morgan fingerprint density at radius 2 is 2.03 bits per heavy atom. The molecule has 1 atom stereocenters. The lowest BCUT2D eigenvalue weighted by atomic mass is 10.1. The Kier molecular flexibility index (Phi) is 6.38. The maximum absolute atomic E-state index is 13.2. The number of aromatic nitrogens is 4. The molecule has 6 nitrogen and oxygen atoms in total. The van der Waals surface area contributed by atoms with Gasteiger partial charge in [0.05, 0.1) is 11.7 Å². The zero-order valence-electron chi connectivity index (χ0n) is 18.0. The van der Waals surface area contributed by atoms with Crippen molar-refractivity contribution >= 4 is 34.7 Å². The van der Waals surface area contributed by atoms with Crippen molar-refractivity contribution in [2.75, 3.05) is 12.0 Å². The Bertz CT molecular complexity index is 1230. The first kappa shape index (κ1) is 21.5. The number of thioether (sulfide) groups is 1. The van der Waals surface area contributed by atoms with E-state index in [0.29, 0.717) is 4.88 Å². The van der Waals surface area contributed by atoms with Gasteiger partial charge < -0.3 is 5.32 Å². The van der Waals surface area contributed by atoms with Gasteiger partial charge in [0.15, 0.2) is 11.5 Å². The number of rotatable bonds is 7. The maximum Gasteiger partial charge on any atom is 0.263 e. The van der Waals surface area contributed by atoms with Crippen LogP contribution in [0.4, 0.5) is 0 Å². The number of nitrogens with one attached hydrogen (secondary N) is 1. The van der Waals surface area contributed by atoms with E-state index in [0.717, 1.165) is 45.5 Å². The van der Waals surface area contributed by atoms with Crippen molar-refractivity contribution in [3.63, 3.8) is 0 Å². The number of hydrogen-bond acceptors (Lipinski definition) is 6. The lowest BCUT2D eigenvalue weighted by Crippen LogP contribution is -2.30. The van der Waals surface area contributed by atoms with E-state index in [-0.39, 0.29) is 11.9 Å². The molecule has 1 amide bonds. The molecule has 0 bridgehead atoms. The number of amides is 1. The number of carbonyl (C=O) groups is 1. The molecule has 3 aromatic heterocycles. The van der Waals surface area contributed by atoms with Crippen LogP contribution in [0, 0.1) is 20.8 Å². The Labute approximate surface area is 190 Å². The van der Waals surface area contributed by atoms with Crippen LogP contribution in [0.2, 0.25) is 0 Å². The Hall–Kier alpha value is -2.71. The minimum absolute atomic E-state index is 0.121. The largest absolute Gasteiger partial charge is 0.341 e. The molecule has 0 aliphatic rings. The molecule has 160 valence electrons. The monoisotopic (exact) mass is 451 g/mol. The predicted molar refractivity (Wildman–Crippen MR) is 128 cm³/mol. The molecule has 1 unspecified atom stereocenters. The lowest BCUT2D eigenvalue weighted by Gasteiger charge is -2.16. The van der Waals surface area contributed by atoms with Crippen LogP contribution in [0.1, 0.15) is 44.8 Å². The Balaban J connectivity index is 1.62. The predicted octanol–water partition coefficient (Wildman–Crippen LogP) is 5.00. The minimum atomic E-state index is -0.233. The van der Waals surface area contributed by atoms with Crippen molar-refractivity contribution in [1.29, 1.82) is 0 Å². The van der Waals surface area contributed by atoms with Crippen molar-refractivity contribution < 1.29 is 4.79 Å². The average molecular weight is 452 g/mol.